The van der Waals surface area contributed by atoms with E-state index >= 15 is 0 Å². The highest BCUT2D eigenvalue weighted by Crippen LogP contribution is 2.54. The first kappa shape index (κ1) is 20.0. The molecule has 2 fully saturated rings. The summed E-state index contributed by atoms with van der Waals surface area (Å²) in [4.78, 5) is 36.6. The normalized spacial score (nSPS) is 27.6. The number of allylic oxidation sites excluding steroid dienone is 1. The van der Waals surface area contributed by atoms with Crippen molar-refractivity contribution >= 4 is 23.9 Å². The van der Waals surface area contributed by atoms with Crippen LogP contribution in [0, 0.1) is 11.2 Å². The van der Waals surface area contributed by atoms with E-state index in [-0.39, 0.29) is 17.7 Å². The van der Waals surface area contributed by atoms with E-state index in [1.165, 1.54) is 17.7 Å². The number of halogens is 1. The van der Waals surface area contributed by atoms with Gasteiger partial charge in [0, 0.05) is 11.8 Å². The maximum atomic E-state index is 13.4. The van der Waals surface area contributed by atoms with Gasteiger partial charge in [0.1, 0.15) is 5.82 Å². The average Bonchev–Trinajstić information content (AvgIpc) is 3.18. The highest BCUT2D eigenvalue weighted by molar-refractivity contribution is 6.21. The van der Waals surface area contributed by atoms with Crippen LogP contribution < -0.4 is 10.6 Å². The topological polar surface area (TPSA) is 102 Å². The maximum Gasteiger partial charge on any atom is 0.328 e. The SMILES string of the molecule is C[C@]12Cc3cnn(-c4ccc(F)cc4)c3C=C1CC[C@@H]1OC3(CC=C12)C(=O)NC(=O)NC3=O. The fraction of sp³-hybridized carbons (Fsp3) is 0.333. The molecular formula is C24H21FN4O4. The van der Waals surface area contributed by atoms with E-state index in [1.54, 1.807) is 12.1 Å². The number of hydrogen-bond donors (Lipinski definition) is 2. The molecule has 168 valence electrons. The van der Waals surface area contributed by atoms with Gasteiger partial charge in [0.25, 0.3) is 11.8 Å². The number of nitrogens with one attached hydrogen (secondary N) is 2. The summed E-state index contributed by atoms with van der Waals surface area (Å²) in [6, 6.07) is 5.41. The summed E-state index contributed by atoms with van der Waals surface area (Å²) < 4.78 is 21.3. The standard InChI is InChI=1S/C24H21FN4O4/c1-23-11-13-12-26-29(16-5-3-15(25)4-6-16)18(13)10-14(23)2-7-19-17(23)8-9-24(33-19)20(30)27-22(32)28-21(24)31/h3-6,8,10,12,19H,2,7,9,11H2,1H3,(H2,27,28,30,31,32)/t19-,23-/m0/s1. The number of ether oxygens (including phenoxy) is 1. The van der Waals surface area contributed by atoms with Crippen molar-refractivity contribution < 1.29 is 23.5 Å². The Bertz CT molecular complexity index is 1270. The van der Waals surface area contributed by atoms with Crippen LogP contribution >= 0.6 is 0 Å². The van der Waals surface area contributed by atoms with Crippen LogP contribution in [0.3, 0.4) is 0 Å². The van der Waals surface area contributed by atoms with Crippen LogP contribution in [0.25, 0.3) is 11.8 Å². The molecule has 1 saturated heterocycles. The van der Waals surface area contributed by atoms with Gasteiger partial charge in [-0.3, -0.25) is 20.2 Å². The van der Waals surface area contributed by atoms with Crippen molar-refractivity contribution in [3.63, 3.8) is 0 Å². The minimum atomic E-state index is -1.72. The minimum absolute atomic E-state index is 0.0638. The molecular weight excluding hydrogens is 427 g/mol. The predicted molar refractivity (Wildman–Crippen MR) is 115 cm³/mol. The van der Waals surface area contributed by atoms with Crippen molar-refractivity contribution in [1.82, 2.24) is 20.4 Å². The second-order valence-electron chi connectivity index (χ2n) is 9.19. The lowest BCUT2D eigenvalue weighted by molar-refractivity contribution is -0.170. The number of barbiturate groups is 1. The highest BCUT2D eigenvalue weighted by Gasteiger charge is 2.57. The molecule has 2 N–H and O–H groups in total. The van der Waals surface area contributed by atoms with Crippen molar-refractivity contribution in [3.05, 3.63) is 64.8 Å². The number of imide groups is 2. The molecule has 6 rings (SSSR count). The van der Waals surface area contributed by atoms with E-state index in [0.717, 1.165) is 28.9 Å². The Morgan fingerprint density at radius 2 is 1.88 bits per heavy atom. The summed E-state index contributed by atoms with van der Waals surface area (Å²) in [7, 11) is 0. The summed E-state index contributed by atoms with van der Waals surface area (Å²) in [6.07, 6.45) is 7.62. The van der Waals surface area contributed by atoms with Gasteiger partial charge in [0.2, 0.25) is 5.60 Å². The zero-order valence-corrected chi connectivity index (χ0v) is 17.9. The number of hydrogen-bond acceptors (Lipinski definition) is 5. The average molecular weight is 448 g/mol. The Balaban J connectivity index is 1.36. The Hall–Kier alpha value is -3.59. The molecule has 3 heterocycles. The first-order chi connectivity index (χ1) is 15.8. The van der Waals surface area contributed by atoms with Gasteiger partial charge in [-0.25, -0.2) is 13.9 Å². The molecule has 1 aromatic carbocycles. The van der Waals surface area contributed by atoms with E-state index in [2.05, 4.69) is 28.7 Å². The Morgan fingerprint density at radius 3 is 2.61 bits per heavy atom. The molecule has 2 atom stereocenters. The number of benzene rings is 1. The van der Waals surface area contributed by atoms with Crippen molar-refractivity contribution in [3.8, 4) is 5.69 Å². The van der Waals surface area contributed by atoms with Crippen molar-refractivity contribution in [2.45, 2.75) is 44.3 Å². The fourth-order valence-corrected chi connectivity index (χ4v) is 5.58. The molecule has 2 aliphatic heterocycles. The predicted octanol–water partition coefficient (Wildman–Crippen LogP) is 2.57. The third-order valence-electron chi connectivity index (χ3n) is 7.32. The van der Waals surface area contributed by atoms with Gasteiger partial charge in [-0.05, 0) is 60.7 Å². The van der Waals surface area contributed by atoms with Crippen LogP contribution in [-0.2, 0) is 20.7 Å². The fourth-order valence-electron chi connectivity index (χ4n) is 5.58. The smallest absolute Gasteiger partial charge is 0.328 e. The lowest BCUT2D eigenvalue weighted by Crippen LogP contribution is -2.69. The Labute approximate surface area is 188 Å². The monoisotopic (exact) mass is 448 g/mol. The van der Waals surface area contributed by atoms with Crippen LogP contribution in [0.2, 0.25) is 0 Å². The summed E-state index contributed by atoms with van der Waals surface area (Å²) in [5.41, 5.74) is 3.06. The van der Waals surface area contributed by atoms with Gasteiger partial charge in [-0.1, -0.05) is 18.6 Å². The summed E-state index contributed by atoms with van der Waals surface area (Å²) in [6.45, 7) is 2.15. The summed E-state index contributed by atoms with van der Waals surface area (Å²) in [5.74, 6) is -1.73. The highest BCUT2D eigenvalue weighted by atomic mass is 19.1. The van der Waals surface area contributed by atoms with Gasteiger partial charge in [0.15, 0.2) is 0 Å². The van der Waals surface area contributed by atoms with Crippen LogP contribution in [0.15, 0.2) is 47.7 Å². The maximum absolute atomic E-state index is 13.4. The largest absolute Gasteiger partial charge is 0.348 e. The van der Waals surface area contributed by atoms with Gasteiger partial charge in [0.05, 0.1) is 23.7 Å². The van der Waals surface area contributed by atoms with Crippen LogP contribution in [0.1, 0.15) is 37.4 Å². The number of nitrogens with zero attached hydrogens (tertiary/aromatic N) is 2. The molecule has 2 aromatic rings. The molecule has 0 unspecified atom stereocenters. The Morgan fingerprint density at radius 1 is 1.15 bits per heavy atom. The van der Waals surface area contributed by atoms with Gasteiger partial charge < -0.3 is 4.74 Å². The molecule has 1 aromatic heterocycles. The third kappa shape index (κ3) is 2.78. The lowest BCUT2D eigenvalue weighted by Gasteiger charge is -2.50. The van der Waals surface area contributed by atoms with E-state index in [9.17, 15) is 18.8 Å². The zero-order chi connectivity index (χ0) is 23.0. The first-order valence-corrected chi connectivity index (χ1v) is 10.9. The second kappa shape index (κ2) is 6.71. The minimum Gasteiger partial charge on any atom is -0.348 e. The van der Waals surface area contributed by atoms with E-state index in [4.69, 9.17) is 4.74 Å². The number of urea groups is 1. The first-order valence-electron chi connectivity index (χ1n) is 10.9. The number of carbonyl (C=O) groups excluding carboxylic acids is 3. The number of carbonyl (C=O) groups is 3. The van der Waals surface area contributed by atoms with Crippen molar-refractivity contribution in [2.75, 3.05) is 0 Å². The lowest BCUT2D eigenvalue weighted by atomic mass is 9.60. The second-order valence-corrected chi connectivity index (χ2v) is 9.19. The number of fused-ring (bicyclic) bond motifs is 4. The molecule has 33 heavy (non-hydrogen) atoms. The third-order valence-corrected chi connectivity index (χ3v) is 7.32. The Kier molecular flexibility index (Phi) is 4.08. The summed E-state index contributed by atoms with van der Waals surface area (Å²) in [5, 5.41) is 8.86. The molecule has 0 radical (unpaired) electrons. The zero-order valence-electron chi connectivity index (χ0n) is 17.9. The quantitative estimate of drug-likeness (QED) is 0.516. The van der Waals surface area contributed by atoms with Gasteiger partial charge >= 0.3 is 6.03 Å². The van der Waals surface area contributed by atoms with Gasteiger partial charge in [-0.2, -0.15) is 5.10 Å². The van der Waals surface area contributed by atoms with Crippen LogP contribution in [0.5, 0.6) is 0 Å². The van der Waals surface area contributed by atoms with Crippen LogP contribution in [-0.4, -0.2) is 39.3 Å². The van der Waals surface area contributed by atoms with Crippen LogP contribution in [0.4, 0.5) is 9.18 Å². The molecule has 4 amide bonds. The molecule has 2 aliphatic carbocycles. The molecule has 1 saturated carbocycles. The van der Waals surface area contributed by atoms with Crippen molar-refractivity contribution in [1.29, 1.82) is 0 Å². The molecule has 4 aliphatic rings. The molecule has 9 heteroatoms. The van der Waals surface area contributed by atoms with Gasteiger partial charge in [-0.15, -0.1) is 0 Å². The number of aromatic nitrogens is 2. The summed E-state index contributed by atoms with van der Waals surface area (Å²) >= 11 is 0. The van der Waals surface area contributed by atoms with Crippen molar-refractivity contribution in [2.24, 2.45) is 5.41 Å². The molecule has 0 bridgehead atoms. The van der Waals surface area contributed by atoms with E-state index in [0.29, 0.717) is 12.8 Å². The molecule has 8 nitrogen and oxygen atoms in total. The molecule has 1 spiro atoms. The van der Waals surface area contributed by atoms with E-state index in [1.807, 2.05) is 17.0 Å². The van der Waals surface area contributed by atoms with E-state index < -0.39 is 29.6 Å². The number of rotatable bonds is 1. The number of amides is 4.